The van der Waals surface area contributed by atoms with E-state index in [4.69, 9.17) is 5.26 Å². The zero-order valence-corrected chi connectivity index (χ0v) is 15.2. The van der Waals surface area contributed by atoms with Crippen LogP contribution in [0, 0.1) is 36.5 Å². The van der Waals surface area contributed by atoms with E-state index in [1.165, 1.54) is 0 Å². The Morgan fingerprint density at radius 3 is 2.67 bits per heavy atom. The van der Waals surface area contributed by atoms with Gasteiger partial charge in [-0.05, 0) is 43.2 Å². The molecule has 0 bridgehead atoms. The number of para-hydroxylation sites is 1. The molecule has 1 heterocycles. The first-order valence-electron chi connectivity index (χ1n) is 8.49. The standard InChI is InChI=1S/C22H18N4O/c1-15-6-5-8-20(16(15)2)25-22(27)17(13-24)12-18-14-26(11-10-23)21-9-4-3-7-19(18)21/h3-9,12,14H,11H2,1-2H3,(H,25,27)/b17-12-. The van der Waals surface area contributed by atoms with E-state index in [1.54, 1.807) is 16.8 Å². The Morgan fingerprint density at radius 1 is 1.15 bits per heavy atom. The molecule has 132 valence electrons. The number of aryl methyl sites for hydroxylation is 1. The number of hydrogen-bond acceptors (Lipinski definition) is 3. The molecule has 2 aromatic carbocycles. The SMILES string of the molecule is Cc1cccc(NC(=O)/C(C#N)=C\c2cn(CC#N)c3ccccc23)c1C. The number of amides is 1. The molecule has 0 radical (unpaired) electrons. The summed E-state index contributed by atoms with van der Waals surface area (Å²) >= 11 is 0. The quantitative estimate of drug-likeness (QED) is 0.559. The zero-order chi connectivity index (χ0) is 19.4. The van der Waals surface area contributed by atoms with Crippen molar-refractivity contribution in [3.63, 3.8) is 0 Å². The maximum absolute atomic E-state index is 12.6. The van der Waals surface area contributed by atoms with Crippen LogP contribution in [0.15, 0.2) is 54.2 Å². The third-order valence-electron chi connectivity index (χ3n) is 4.58. The number of carbonyl (C=O) groups excluding carboxylic acids is 1. The molecule has 0 atom stereocenters. The van der Waals surface area contributed by atoms with Crippen molar-refractivity contribution in [2.75, 3.05) is 5.32 Å². The molecule has 1 amide bonds. The molecular formula is C22H18N4O. The van der Waals surface area contributed by atoms with E-state index < -0.39 is 5.91 Å². The van der Waals surface area contributed by atoms with Crippen molar-refractivity contribution in [3.8, 4) is 12.1 Å². The molecule has 0 fully saturated rings. The topological polar surface area (TPSA) is 81.6 Å². The number of anilines is 1. The molecule has 0 saturated heterocycles. The minimum Gasteiger partial charge on any atom is -0.333 e. The summed E-state index contributed by atoms with van der Waals surface area (Å²) in [4.78, 5) is 12.6. The van der Waals surface area contributed by atoms with Crippen LogP contribution in [-0.4, -0.2) is 10.5 Å². The van der Waals surface area contributed by atoms with Gasteiger partial charge in [-0.1, -0.05) is 30.3 Å². The summed E-state index contributed by atoms with van der Waals surface area (Å²) in [5.41, 5.74) is 4.35. The average molecular weight is 354 g/mol. The van der Waals surface area contributed by atoms with E-state index in [2.05, 4.69) is 11.4 Å². The van der Waals surface area contributed by atoms with Crippen LogP contribution in [0.1, 0.15) is 16.7 Å². The fourth-order valence-corrected chi connectivity index (χ4v) is 2.98. The van der Waals surface area contributed by atoms with E-state index in [0.717, 1.165) is 27.6 Å². The molecule has 1 aromatic heterocycles. The summed E-state index contributed by atoms with van der Waals surface area (Å²) in [5, 5.41) is 22.2. The van der Waals surface area contributed by atoms with Crippen molar-refractivity contribution >= 4 is 28.6 Å². The summed E-state index contributed by atoms with van der Waals surface area (Å²) in [7, 11) is 0. The summed E-state index contributed by atoms with van der Waals surface area (Å²) in [6, 6.07) is 17.4. The monoisotopic (exact) mass is 354 g/mol. The van der Waals surface area contributed by atoms with Crippen molar-refractivity contribution in [1.82, 2.24) is 4.57 Å². The third-order valence-corrected chi connectivity index (χ3v) is 4.58. The molecule has 0 aliphatic rings. The second kappa shape index (κ2) is 7.59. The summed E-state index contributed by atoms with van der Waals surface area (Å²) in [6.07, 6.45) is 3.35. The van der Waals surface area contributed by atoms with E-state index in [0.29, 0.717) is 5.69 Å². The van der Waals surface area contributed by atoms with E-state index in [-0.39, 0.29) is 12.1 Å². The first-order chi connectivity index (χ1) is 13.0. The molecule has 3 rings (SSSR count). The highest BCUT2D eigenvalue weighted by Gasteiger charge is 2.14. The number of nitrogens with zero attached hydrogens (tertiary/aromatic N) is 3. The molecule has 3 aromatic rings. The summed E-state index contributed by atoms with van der Waals surface area (Å²) < 4.78 is 1.80. The van der Waals surface area contributed by atoms with Gasteiger partial charge in [-0.2, -0.15) is 10.5 Å². The Bertz CT molecular complexity index is 1140. The van der Waals surface area contributed by atoms with Crippen LogP contribution in [0.4, 0.5) is 5.69 Å². The van der Waals surface area contributed by atoms with Crippen molar-refractivity contribution in [2.24, 2.45) is 0 Å². The molecule has 1 N–H and O–H groups in total. The lowest BCUT2D eigenvalue weighted by molar-refractivity contribution is -0.112. The fraction of sp³-hybridized carbons (Fsp3) is 0.136. The normalized spacial score (nSPS) is 11.0. The highest BCUT2D eigenvalue weighted by Crippen LogP contribution is 2.24. The Balaban J connectivity index is 1.99. The molecule has 5 heteroatoms. The van der Waals surface area contributed by atoms with Gasteiger partial charge in [0.05, 0.1) is 6.07 Å². The van der Waals surface area contributed by atoms with Crippen LogP contribution in [0.2, 0.25) is 0 Å². The lowest BCUT2D eigenvalue weighted by atomic mass is 10.1. The van der Waals surface area contributed by atoms with E-state index in [9.17, 15) is 10.1 Å². The first-order valence-corrected chi connectivity index (χ1v) is 8.49. The van der Waals surface area contributed by atoms with Gasteiger partial charge in [0, 0.05) is 28.4 Å². The number of benzene rings is 2. The van der Waals surface area contributed by atoms with Crippen LogP contribution >= 0.6 is 0 Å². The van der Waals surface area contributed by atoms with Crippen LogP contribution in [-0.2, 0) is 11.3 Å². The van der Waals surface area contributed by atoms with Crippen LogP contribution in [0.5, 0.6) is 0 Å². The molecule has 0 unspecified atom stereocenters. The van der Waals surface area contributed by atoms with Crippen molar-refractivity contribution < 1.29 is 4.79 Å². The molecular weight excluding hydrogens is 336 g/mol. The molecule has 0 spiro atoms. The van der Waals surface area contributed by atoms with Crippen molar-refractivity contribution in [3.05, 3.63) is 70.9 Å². The van der Waals surface area contributed by atoms with Gasteiger partial charge >= 0.3 is 0 Å². The van der Waals surface area contributed by atoms with Gasteiger partial charge in [0.2, 0.25) is 0 Å². The van der Waals surface area contributed by atoms with Gasteiger partial charge in [-0.3, -0.25) is 4.79 Å². The third kappa shape index (κ3) is 3.58. The second-order valence-corrected chi connectivity index (χ2v) is 6.26. The largest absolute Gasteiger partial charge is 0.333 e. The minimum atomic E-state index is -0.455. The first kappa shape index (κ1) is 18.0. The van der Waals surface area contributed by atoms with Crippen molar-refractivity contribution in [2.45, 2.75) is 20.4 Å². The number of fused-ring (bicyclic) bond motifs is 1. The zero-order valence-electron chi connectivity index (χ0n) is 15.2. The number of nitrogens with one attached hydrogen (secondary N) is 1. The molecule has 0 saturated carbocycles. The van der Waals surface area contributed by atoms with Gasteiger partial charge in [0.1, 0.15) is 18.2 Å². The second-order valence-electron chi connectivity index (χ2n) is 6.26. The number of nitriles is 2. The Labute approximate surface area is 157 Å². The van der Waals surface area contributed by atoms with E-state index in [1.807, 2.05) is 62.4 Å². The Kier molecular flexibility index (Phi) is 5.06. The lowest BCUT2D eigenvalue weighted by Gasteiger charge is -2.09. The Hall–Kier alpha value is -3.83. The minimum absolute atomic E-state index is 0.00997. The lowest BCUT2D eigenvalue weighted by Crippen LogP contribution is -2.14. The number of rotatable bonds is 4. The smallest absolute Gasteiger partial charge is 0.266 e. The maximum Gasteiger partial charge on any atom is 0.266 e. The highest BCUT2D eigenvalue weighted by molar-refractivity contribution is 6.11. The van der Waals surface area contributed by atoms with Gasteiger partial charge in [0.15, 0.2) is 0 Å². The maximum atomic E-state index is 12.6. The van der Waals surface area contributed by atoms with Crippen LogP contribution in [0.25, 0.3) is 17.0 Å². The van der Waals surface area contributed by atoms with Crippen LogP contribution in [0.3, 0.4) is 0 Å². The number of aromatic nitrogens is 1. The van der Waals surface area contributed by atoms with Gasteiger partial charge in [-0.15, -0.1) is 0 Å². The fourth-order valence-electron chi connectivity index (χ4n) is 2.98. The summed E-state index contributed by atoms with van der Waals surface area (Å²) in [6.45, 7) is 4.09. The molecule has 5 nitrogen and oxygen atoms in total. The number of carbonyl (C=O) groups is 1. The van der Waals surface area contributed by atoms with Gasteiger partial charge in [-0.25, -0.2) is 0 Å². The van der Waals surface area contributed by atoms with Crippen LogP contribution < -0.4 is 5.32 Å². The van der Waals surface area contributed by atoms with E-state index >= 15 is 0 Å². The average Bonchev–Trinajstić information content (AvgIpc) is 3.01. The highest BCUT2D eigenvalue weighted by atomic mass is 16.1. The van der Waals surface area contributed by atoms with Crippen molar-refractivity contribution in [1.29, 1.82) is 10.5 Å². The van der Waals surface area contributed by atoms with Gasteiger partial charge in [0.25, 0.3) is 5.91 Å². The number of hydrogen-bond donors (Lipinski definition) is 1. The Morgan fingerprint density at radius 2 is 1.93 bits per heavy atom. The predicted molar refractivity (Wildman–Crippen MR) is 106 cm³/mol. The molecule has 0 aliphatic carbocycles. The summed E-state index contributed by atoms with van der Waals surface area (Å²) in [5.74, 6) is -0.455. The predicted octanol–water partition coefficient (Wildman–Crippen LogP) is 4.33. The van der Waals surface area contributed by atoms with Gasteiger partial charge < -0.3 is 9.88 Å². The molecule has 0 aliphatic heterocycles. The molecule has 27 heavy (non-hydrogen) atoms.